The maximum atomic E-state index is 9.07. The van der Waals surface area contributed by atoms with E-state index in [4.69, 9.17) is 5.26 Å². The number of hydrogen-bond acceptors (Lipinski definition) is 1. The zero-order valence-corrected chi connectivity index (χ0v) is 9.59. The van der Waals surface area contributed by atoms with Crippen LogP contribution < -0.4 is 0 Å². The lowest BCUT2D eigenvalue weighted by Crippen LogP contribution is -2.10. The third-order valence-corrected chi connectivity index (χ3v) is 2.81. The highest BCUT2D eigenvalue weighted by atomic mass is 14.3. The Morgan fingerprint density at radius 3 is 2.64 bits per heavy atom. The fraction of sp³-hybridized carbons (Fsp3) is 0.615. The quantitative estimate of drug-likeness (QED) is 0.647. The predicted molar refractivity (Wildman–Crippen MR) is 59.6 cm³/mol. The standard InChI is InChI=1S/C13H19N/c1-5-12-11(8-14)6-10(4)7-13(12)9(2)3/h7,9-10H,5-6H2,1-4H3. The van der Waals surface area contributed by atoms with Crippen molar-refractivity contribution in [2.24, 2.45) is 11.8 Å². The molecule has 0 amide bonds. The zero-order valence-electron chi connectivity index (χ0n) is 9.59. The van der Waals surface area contributed by atoms with Crippen LogP contribution in [-0.4, -0.2) is 0 Å². The fourth-order valence-corrected chi connectivity index (χ4v) is 2.16. The molecule has 0 saturated carbocycles. The van der Waals surface area contributed by atoms with Gasteiger partial charge >= 0.3 is 0 Å². The largest absolute Gasteiger partial charge is 0.193 e. The molecule has 1 aliphatic rings. The summed E-state index contributed by atoms with van der Waals surface area (Å²) < 4.78 is 0. The van der Waals surface area contributed by atoms with E-state index in [1.165, 1.54) is 11.1 Å². The molecule has 0 aromatic heterocycles. The van der Waals surface area contributed by atoms with Crippen molar-refractivity contribution >= 4 is 0 Å². The SMILES string of the molecule is CCC1=C(C#N)CC(C)C=C1C(C)C. The summed E-state index contributed by atoms with van der Waals surface area (Å²) in [4.78, 5) is 0. The maximum absolute atomic E-state index is 9.07. The lowest BCUT2D eigenvalue weighted by atomic mass is 9.80. The van der Waals surface area contributed by atoms with Crippen molar-refractivity contribution in [3.05, 3.63) is 22.8 Å². The smallest absolute Gasteiger partial charge is 0.0950 e. The molecule has 1 aliphatic carbocycles. The van der Waals surface area contributed by atoms with Crippen LogP contribution in [-0.2, 0) is 0 Å². The van der Waals surface area contributed by atoms with Gasteiger partial charge in [-0.25, -0.2) is 0 Å². The summed E-state index contributed by atoms with van der Waals surface area (Å²) in [6, 6.07) is 2.36. The van der Waals surface area contributed by atoms with Crippen LogP contribution in [0, 0.1) is 23.2 Å². The fourth-order valence-electron chi connectivity index (χ4n) is 2.16. The second kappa shape index (κ2) is 4.46. The summed E-state index contributed by atoms with van der Waals surface area (Å²) in [6.07, 6.45) is 4.25. The Hall–Kier alpha value is -1.03. The summed E-state index contributed by atoms with van der Waals surface area (Å²) in [5, 5.41) is 9.07. The van der Waals surface area contributed by atoms with E-state index >= 15 is 0 Å². The first kappa shape index (κ1) is 11.0. The van der Waals surface area contributed by atoms with E-state index in [1.807, 2.05) is 0 Å². The second-order valence-electron chi connectivity index (χ2n) is 4.38. The van der Waals surface area contributed by atoms with E-state index in [0.29, 0.717) is 11.8 Å². The number of nitrogens with zero attached hydrogens (tertiary/aromatic N) is 1. The molecule has 1 atom stereocenters. The first-order valence-corrected chi connectivity index (χ1v) is 5.44. The van der Waals surface area contributed by atoms with Crippen molar-refractivity contribution in [1.82, 2.24) is 0 Å². The van der Waals surface area contributed by atoms with Gasteiger partial charge in [0.25, 0.3) is 0 Å². The highest BCUT2D eigenvalue weighted by molar-refractivity contribution is 5.45. The summed E-state index contributed by atoms with van der Waals surface area (Å²) in [7, 11) is 0. The molecular weight excluding hydrogens is 170 g/mol. The monoisotopic (exact) mass is 189 g/mol. The molecule has 0 N–H and O–H groups in total. The topological polar surface area (TPSA) is 23.8 Å². The van der Waals surface area contributed by atoms with Crippen LogP contribution in [0.25, 0.3) is 0 Å². The Balaban J connectivity index is 3.13. The van der Waals surface area contributed by atoms with Gasteiger partial charge in [0.1, 0.15) is 0 Å². The first-order valence-electron chi connectivity index (χ1n) is 5.44. The molecule has 76 valence electrons. The van der Waals surface area contributed by atoms with Gasteiger partial charge < -0.3 is 0 Å². The van der Waals surface area contributed by atoms with E-state index in [2.05, 4.69) is 39.8 Å². The van der Waals surface area contributed by atoms with E-state index in [9.17, 15) is 0 Å². The van der Waals surface area contributed by atoms with E-state index < -0.39 is 0 Å². The lowest BCUT2D eigenvalue weighted by molar-refractivity contribution is 0.656. The van der Waals surface area contributed by atoms with Gasteiger partial charge in [0, 0.05) is 5.57 Å². The summed E-state index contributed by atoms with van der Waals surface area (Å²) in [5.74, 6) is 1.06. The van der Waals surface area contributed by atoms with Gasteiger partial charge in [0.05, 0.1) is 6.07 Å². The van der Waals surface area contributed by atoms with Gasteiger partial charge in [-0.15, -0.1) is 0 Å². The average Bonchev–Trinajstić information content (AvgIpc) is 2.16. The summed E-state index contributed by atoms with van der Waals surface area (Å²) in [6.45, 7) is 8.73. The van der Waals surface area contributed by atoms with E-state index in [1.54, 1.807) is 0 Å². The Morgan fingerprint density at radius 2 is 2.21 bits per heavy atom. The van der Waals surface area contributed by atoms with Gasteiger partial charge in [-0.3, -0.25) is 0 Å². The number of nitriles is 1. The number of allylic oxidation sites excluding steroid dienone is 4. The Labute approximate surface area is 87.1 Å². The maximum Gasteiger partial charge on any atom is 0.0950 e. The van der Waals surface area contributed by atoms with Crippen molar-refractivity contribution in [2.45, 2.75) is 40.5 Å². The number of hydrogen-bond donors (Lipinski definition) is 0. The third kappa shape index (κ3) is 2.07. The lowest BCUT2D eigenvalue weighted by Gasteiger charge is -2.24. The Bertz CT molecular complexity index is 313. The van der Waals surface area contributed by atoms with Gasteiger partial charge in [0.2, 0.25) is 0 Å². The van der Waals surface area contributed by atoms with Crippen molar-refractivity contribution in [3.8, 4) is 6.07 Å². The molecule has 14 heavy (non-hydrogen) atoms. The molecule has 0 radical (unpaired) electrons. The molecule has 0 saturated heterocycles. The molecule has 1 rings (SSSR count). The molecule has 1 heteroatoms. The van der Waals surface area contributed by atoms with Gasteiger partial charge in [0.15, 0.2) is 0 Å². The number of rotatable bonds is 2. The first-order chi connectivity index (χ1) is 6.60. The van der Waals surface area contributed by atoms with E-state index in [0.717, 1.165) is 18.4 Å². The molecule has 1 unspecified atom stereocenters. The highest BCUT2D eigenvalue weighted by Gasteiger charge is 2.20. The zero-order chi connectivity index (χ0) is 10.7. The molecule has 1 nitrogen and oxygen atoms in total. The normalized spacial score (nSPS) is 22.3. The van der Waals surface area contributed by atoms with Gasteiger partial charge in [-0.05, 0) is 35.8 Å². The van der Waals surface area contributed by atoms with Crippen LogP contribution in [0.4, 0.5) is 0 Å². The van der Waals surface area contributed by atoms with Crippen molar-refractivity contribution in [3.63, 3.8) is 0 Å². The molecule has 0 aromatic carbocycles. The van der Waals surface area contributed by atoms with Crippen molar-refractivity contribution in [2.75, 3.05) is 0 Å². The Morgan fingerprint density at radius 1 is 1.57 bits per heavy atom. The molecule has 0 spiro atoms. The van der Waals surface area contributed by atoms with Crippen molar-refractivity contribution < 1.29 is 0 Å². The highest BCUT2D eigenvalue weighted by Crippen LogP contribution is 2.34. The molecule has 0 fully saturated rings. The molecule has 0 aliphatic heterocycles. The van der Waals surface area contributed by atoms with Crippen molar-refractivity contribution in [1.29, 1.82) is 5.26 Å². The van der Waals surface area contributed by atoms with Crippen LogP contribution in [0.5, 0.6) is 0 Å². The summed E-state index contributed by atoms with van der Waals surface area (Å²) in [5.41, 5.74) is 3.69. The minimum Gasteiger partial charge on any atom is -0.193 e. The molecule has 0 aromatic rings. The Kier molecular flexibility index (Phi) is 3.52. The van der Waals surface area contributed by atoms with Gasteiger partial charge in [-0.1, -0.05) is 33.8 Å². The minimum absolute atomic E-state index is 0.525. The van der Waals surface area contributed by atoms with Gasteiger partial charge in [-0.2, -0.15) is 5.26 Å². The van der Waals surface area contributed by atoms with Crippen LogP contribution in [0.3, 0.4) is 0 Å². The molecular formula is C13H19N. The second-order valence-corrected chi connectivity index (χ2v) is 4.38. The van der Waals surface area contributed by atoms with E-state index in [-0.39, 0.29) is 0 Å². The molecule has 0 bridgehead atoms. The molecule has 0 heterocycles. The third-order valence-electron chi connectivity index (χ3n) is 2.81. The average molecular weight is 189 g/mol. The summed E-state index contributed by atoms with van der Waals surface area (Å²) >= 11 is 0. The predicted octanol–water partition coefficient (Wildman–Crippen LogP) is 3.84. The van der Waals surface area contributed by atoms with Crippen LogP contribution >= 0.6 is 0 Å². The minimum atomic E-state index is 0.525. The van der Waals surface area contributed by atoms with Crippen LogP contribution in [0.1, 0.15) is 40.5 Å². The van der Waals surface area contributed by atoms with Crippen LogP contribution in [0.2, 0.25) is 0 Å². The van der Waals surface area contributed by atoms with Crippen LogP contribution in [0.15, 0.2) is 22.8 Å².